The Balaban J connectivity index is 2.81. The summed E-state index contributed by atoms with van der Waals surface area (Å²) in [4.78, 5) is 17.8. The summed E-state index contributed by atoms with van der Waals surface area (Å²) in [6.45, 7) is -0.518. The van der Waals surface area contributed by atoms with Gasteiger partial charge < -0.3 is 19.3 Å². The third kappa shape index (κ3) is 3.29. The van der Waals surface area contributed by atoms with Crippen LogP contribution in [0.3, 0.4) is 0 Å². The number of methoxy groups -OCH3 is 2. The van der Waals surface area contributed by atoms with Crippen molar-refractivity contribution in [2.75, 3.05) is 20.8 Å². The molecular formula is C8H10N2O5. The lowest BCUT2D eigenvalue weighted by Crippen LogP contribution is -2.11. The molecule has 7 heteroatoms. The minimum atomic E-state index is -1.11. The van der Waals surface area contributed by atoms with Crippen LogP contribution in [0.1, 0.15) is 0 Å². The maximum atomic E-state index is 10.2. The molecule has 0 aromatic carbocycles. The van der Waals surface area contributed by atoms with Gasteiger partial charge in [0, 0.05) is 0 Å². The van der Waals surface area contributed by atoms with E-state index in [1.165, 1.54) is 20.3 Å². The lowest BCUT2D eigenvalue weighted by atomic mass is 10.6. The highest BCUT2D eigenvalue weighted by molar-refractivity contribution is 5.68. The van der Waals surface area contributed by atoms with Gasteiger partial charge in [-0.3, -0.25) is 0 Å². The quantitative estimate of drug-likeness (QED) is 0.735. The predicted octanol–water partition coefficient (Wildman–Crippen LogP) is -0.0428. The predicted molar refractivity (Wildman–Crippen MR) is 48.3 cm³/mol. The molecule has 7 nitrogen and oxygen atoms in total. The number of carboxylic acids is 1. The van der Waals surface area contributed by atoms with Crippen LogP contribution in [0.4, 0.5) is 0 Å². The largest absolute Gasteiger partial charge is 0.481 e. The molecule has 0 aliphatic carbocycles. The second kappa shape index (κ2) is 4.99. The summed E-state index contributed by atoms with van der Waals surface area (Å²) in [6.07, 6.45) is 0. The standard InChI is InChI=1S/C8H10N2O5/c1-13-5-3-6(14-2)10-8(9-5)15-4-7(11)12/h3H,4H2,1-2H3,(H,11,12). The van der Waals surface area contributed by atoms with E-state index in [0.717, 1.165) is 0 Å². The average molecular weight is 214 g/mol. The Kier molecular flexibility index (Phi) is 3.67. The first-order chi connectivity index (χ1) is 7.15. The van der Waals surface area contributed by atoms with E-state index in [-0.39, 0.29) is 17.8 Å². The Morgan fingerprint density at radius 1 is 1.33 bits per heavy atom. The van der Waals surface area contributed by atoms with Gasteiger partial charge in [0.1, 0.15) is 0 Å². The van der Waals surface area contributed by atoms with Crippen molar-refractivity contribution in [3.63, 3.8) is 0 Å². The van der Waals surface area contributed by atoms with Crippen LogP contribution in [0.25, 0.3) is 0 Å². The van der Waals surface area contributed by atoms with Crippen LogP contribution >= 0.6 is 0 Å². The molecule has 0 amide bonds. The number of nitrogens with zero attached hydrogens (tertiary/aromatic N) is 2. The first kappa shape index (κ1) is 11.0. The van der Waals surface area contributed by atoms with Crippen LogP contribution in [0, 0.1) is 0 Å². The maximum absolute atomic E-state index is 10.2. The van der Waals surface area contributed by atoms with E-state index in [2.05, 4.69) is 9.97 Å². The molecule has 0 saturated carbocycles. The van der Waals surface area contributed by atoms with E-state index in [4.69, 9.17) is 19.3 Å². The van der Waals surface area contributed by atoms with Gasteiger partial charge in [0.2, 0.25) is 11.8 Å². The summed E-state index contributed by atoms with van der Waals surface area (Å²) < 4.78 is 14.5. The first-order valence-corrected chi connectivity index (χ1v) is 3.97. The molecule has 1 heterocycles. The lowest BCUT2D eigenvalue weighted by Gasteiger charge is -2.05. The van der Waals surface area contributed by atoms with Gasteiger partial charge in [-0.15, -0.1) is 0 Å². The van der Waals surface area contributed by atoms with Crippen molar-refractivity contribution in [2.24, 2.45) is 0 Å². The van der Waals surface area contributed by atoms with Crippen molar-refractivity contribution in [1.82, 2.24) is 9.97 Å². The molecule has 0 atom stereocenters. The summed E-state index contributed by atoms with van der Waals surface area (Å²) in [5.41, 5.74) is 0. The monoisotopic (exact) mass is 214 g/mol. The van der Waals surface area contributed by atoms with Gasteiger partial charge in [-0.25, -0.2) is 4.79 Å². The number of ether oxygens (including phenoxy) is 3. The number of aromatic nitrogens is 2. The summed E-state index contributed by atoms with van der Waals surface area (Å²) in [6, 6.07) is 1.35. The van der Waals surface area contributed by atoms with Crippen LogP contribution < -0.4 is 14.2 Å². The molecule has 1 rings (SSSR count). The average Bonchev–Trinajstić information content (AvgIpc) is 2.25. The van der Waals surface area contributed by atoms with Crippen LogP contribution in [-0.4, -0.2) is 41.9 Å². The van der Waals surface area contributed by atoms with E-state index in [1.54, 1.807) is 0 Å². The lowest BCUT2D eigenvalue weighted by molar-refractivity contribution is -0.139. The van der Waals surface area contributed by atoms with Gasteiger partial charge in [-0.2, -0.15) is 9.97 Å². The second-order valence-corrected chi connectivity index (χ2v) is 2.42. The topological polar surface area (TPSA) is 90.8 Å². The Morgan fingerprint density at radius 2 is 1.87 bits per heavy atom. The smallest absolute Gasteiger partial charge is 0.341 e. The molecule has 1 N–H and O–H groups in total. The van der Waals surface area contributed by atoms with Gasteiger partial charge in [0.15, 0.2) is 6.61 Å². The first-order valence-electron chi connectivity index (χ1n) is 3.97. The van der Waals surface area contributed by atoms with Gasteiger partial charge in [-0.1, -0.05) is 0 Å². The molecule has 0 spiro atoms. The number of aliphatic carboxylic acids is 1. The minimum Gasteiger partial charge on any atom is -0.481 e. The van der Waals surface area contributed by atoms with Crippen molar-refractivity contribution in [1.29, 1.82) is 0 Å². The molecule has 0 bridgehead atoms. The molecule has 1 aromatic rings. The van der Waals surface area contributed by atoms with Crippen molar-refractivity contribution in [2.45, 2.75) is 0 Å². The summed E-state index contributed by atoms with van der Waals surface area (Å²) in [7, 11) is 2.84. The number of hydrogen-bond acceptors (Lipinski definition) is 6. The van der Waals surface area contributed by atoms with Gasteiger partial charge in [0.25, 0.3) is 0 Å². The molecule has 82 valence electrons. The number of carbonyl (C=O) groups is 1. The normalized spacial score (nSPS) is 9.47. The molecule has 15 heavy (non-hydrogen) atoms. The molecule has 0 saturated heterocycles. The van der Waals surface area contributed by atoms with E-state index in [1.807, 2.05) is 0 Å². The molecule has 0 unspecified atom stereocenters. The third-order valence-corrected chi connectivity index (χ3v) is 1.40. The van der Waals surface area contributed by atoms with E-state index < -0.39 is 12.6 Å². The molecule has 0 aliphatic heterocycles. The highest BCUT2D eigenvalue weighted by Gasteiger charge is 2.07. The summed E-state index contributed by atoms with van der Waals surface area (Å²) >= 11 is 0. The minimum absolute atomic E-state index is 0.103. The van der Waals surface area contributed by atoms with Crippen LogP contribution in [-0.2, 0) is 4.79 Å². The highest BCUT2D eigenvalue weighted by atomic mass is 16.5. The Morgan fingerprint density at radius 3 is 2.27 bits per heavy atom. The zero-order valence-electron chi connectivity index (χ0n) is 8.26. The molecular weight excluding hydrogens is 204 g/mol. The van der Waals surface area contributed by atoms with Crippen molar-refractivity contribution < 1.29 is 24.1 Å². The van der Waals surface area contributed by atoms with E-state index in [0.29, 0.717) is 0 Å². The number of carboxylic acid groups (broad SMARTS) is 1. The third-order valence-electron chi connectivity index (χ3n) is 1.40. The van der Waals surface area contributed by atoms with Gasteiger partial charge in [-0.05, 0) is 0 Å². The van der Waals surface area contributed by atoms with Crippen LogP contribution in [0.5, 0.6) is 17.8 Å². The molecule has 0 aliphatic rings. The number of hydrogen-bond donors (Lipinski definition) is 1. The highest BCUT2D eigenvalue weighted by Crippen LogP contribution is 2.18. The van der Waals surface area contributed by atoms with E-state index in [9.17, 15) is 4.79 Å². The fourth-order valence-electron chi connectivity index (χ4n) is 0.784. The fourth-order valence-corrected chi connectivity index (χ4v) is 0.784. The Bertz CT molecular complexity index is 333. The molecule has 0 radical (unpaired) electrons. The number of rotatable bonds is 5. The Labute approximate surface area is 85.6 Å². The van der Waals surface area contributed by atoms with Crippen molar-refractivity contribution in [3.8, 4) is 17.8 Å². The van der Waals surface area contributed by atoms with E-state index >= 15 is 0 Å². The SMILES string of the molecule is COc1cc(OC)nc(OCC(=O)O)n1. The zero-order valence-corrected chi connectivity index (χ0v) is 8.26. The summed E-state index contributed by atoms with van der Waals surface area (Å²) in [5.74, 6) is -0.634. The van der Waals surface area contributed by atoms with Crippen molar-refractivity contribution in [3.05, 3.63) is 6.07 Å². The van der Waals surface area contributed by atoms with Crippen LogP contribution in [0.2, 0.25) is 0 Å². The molecule has 1 aromatic heterocycles. The second-order valence-electron chi connectivity index (χ2n) is 2.42. The zero-order chi connectivity index (χ0) is 11.3. The van der Waals surface area contributed by atoms with Crippen molar-refractivity contribution >= 4 is 5.97 Å². The summed E-state index contributed by atoms with van der Waals surface area (Å²) in [5, 5.41) is 8.38. The Hall–Kier alpha value is -2.05. The van der Waals surface area contributed by atoms with Gasteiger partial charge >= 0.3 is 12.0 Å². The maximum Gasteiger partial charge on any atom is 0.341 e. The van der Waals surface area contributed by atoms with Gasteiger partial charge in [0.05, 0.1) is 20.3 Å². The fraction of sp³-hybridized carbons (Fsp3) is 0.375. The molecule has 0 fully saturated rings. The van der Waals surface area contributed by atoms with Crippen LogP contribution in [0.15, 0.2) is 6.07 Å².